The number of nitrogens with zero attached hydrogens (tertiary/aromatic N) is 4. The Labute approximate surface area is 172 Å². The number of sulfonamides is 1. The van der Waals surface area contributed by atoms with Crippen LogP contribution < -0.4 is 10.5 Å². The van der Waals surface area contributed by atoms with Crippen LogP contribution in [0.4, 0.5) is 5.82 Å². The van der Waals surface area contributed by atoms with Crippen molar-refractivity contribution in [3.63, 3.8) is 0 Å². The van der Waals surface area contributed by atoms with Crippen LogP contribution in [0.1, 0.15) is 5.56 Å². The molecule has 2 aromatic heterocycles. The summed E-state index contributed by atoms with van der Waals surface area (Å²) in [5.74, 6) is 0.662. The first-order valence-electron chi connectivity index (χ1n) is 8.73. The quantitative estimate of drug-likeness (QED) is 0.487. The number of para-hydroxylation sites is 1. The number of halogens is 1. The molecule has 10 heteroatoms. The topological polar surface area (TPSA) is 116 Å². The molecule has 8 nitrogen and oxygen atoms in total. The Kier molecular flexibility index (Phi) is 5.18. The second-order valence-corrected chi connectivity index (χ2v) is 8.30. The molecular weight excluding hydrogens is 412 g/mol. The number of nitrogens with two attached hydrogens (primary N) is 1. The fourth-order valence-corrected chi connectivity index (χ4v) is 3.69. The summed E-state index contributed by atoms with van der Waals surface area (Å²) < 4.78 is 24.3. The molecule has 0 aliphatic rings. The van der Waals surface area contributed by atoms with Gasteiger partial charge in [-0.25, -0.2) is 28.2 Å². The van der Waals surface area contributed by atoms with Crippen molar-refractivity contribution in [2.75, 3.05) is 11.9 Å². The number of aromatic nitrogens is 4. The van der Waals surface area contributed by atoms with Gasteiger partial charge in [0.1, 0.15) is 12.1 Å². The molecule has 148 valence electrons. The minimum atomic E-state index is -3.68. The molecule has 0 radical (unpaired) electrons. The van der Waals surface area contributed by atoms with Gasteiger partial charge in [-0.3, -0.25) is 0 Å². The predicted molar refractivity (Wildman–Crippen MR) is 112 cm³/mol. The first kappa shape index (κ1) is 19.3. The van der Waals surface area contributed by atoms with Crippen molar-refractivity contribution in [1.29, 1.82) is 0 Å². The van der Waals surface area contributed by atoms with Gasteiger partial charge in [0, 0.05) is 6.54 Å². The summed E-state index contributed by atoms with van der Waals surface area (Å²) in [5.41, 5.74) is 2.36. The number of nitrogens with one attached hydrogen (secondary N) is 1. The largest absolute Gasteiger partial charge is 0.369 e. The fourth-order valence-electron chi connectivity index (χ4n) is 2.96. The van der Waals surface area contributed by atoms with Gasteiger partial charge in [-0.2, -0.15) is 5.10 Å². The third kappa shape index (κ3) is 4.07. The minimum Gasteiger partial charge on any atom is -0.369 e. The molecule has 0 unspecified atom stereocenters. The van der Waals surface area contributed by atoms with Crippen LogP contribution in [0.3, 0.4) is 0 Å². The molecule has 0 amide bonds. The number of primary sulfonamides is 1. The van der Waals surface area contributed by atoms with Gasteiger partial charge in [0.25, 0.3) is 0 Å². The van der Waals surface area contributed by atoms with Crippen molar-refractivity contribution < 1.29 is 8.42 Å². The molecule has 0 bridgehead atoms. The molecule has 2 aromatic carbocycles. The van der Waals surface area contributed by atoms with Crippen LogP contribution in [0.2, 0.25) is 5.02 Å². The molecule has 29 heavy (non-hydrogen) atoms. The van der Waals surface area contributed by atoms with Gasteiger partial charge in [0.05, 0.1) is 27.2 Å². The smallest absolute Gasteiger partial charge is 0.238 e. The highest BCUT2D eigenvalue weighted by atomic mass is 35.5. The van der Waals surface area contributed by atoms with E-state index in [1.165, 1.54) is 18.5 Å². The molecule has 3 N–H and O–H groups in total. The van der Waals surface area contributed by atoms with E-state index in [0.29, 0.717) is 29.5 Å². The summed E-state index contributed by atoms with van der Waals surface area (Å²) in [5, 5.41) is 14.2. The number of hydrogen-bond donors (Lipinski definition) is 2. The van der Waals surface area contributed by atoms with Gasteiger partial charge in [-0.05, 0) is 36.2 Å². The third-order valence-corrected chi connectivity index (χ3v) is 5.65. The fraction of sp³-hybridized carbons (Fsp3) is 0.105. The molecule has 0 aliphatic carbocycles. The van der Waals surface area contributed by atoms with E-state index in [0.717, 1.165) is 16.6 Å². The van der Waals surface area contributed by atoms with E-state index < -0.39 is 10.0 Å². The van der Waals surface area contributed by atoms with Crippen LogP contribution in [0.5, 0.6) is 0 Å². The van der Waals surface area contributed by atoms with Crippen molar-refractivity contribution in [3.8, 4) is 5.69 Å². The second-order valence-electron chi connectivity index (χ2n) is 6.33. The molecule has 4 aromatic rings. The van der Waals surface area contributed by atoms with Gasteiger partial charge in [-0.1, -0.05) is 35.9 Å². The lowest BCUT2D eigenvalue weighted by molar-refractivity contribution is 0.598. The van der Waals surface area contributed by atoms with Gasteiger partial charge in [-0.15, -0.1) is 0 Å². The maximum atomic E-state index is 11.3. The van der Waals surface area contributed by atoms with Crippen LogP contribution in [-0.2, 0) is 16.4 Å². The Morgan fingerprint density at radius 3 is 2.55 bits per heavy atom. The Hall–Kier alpha value is -3.01. The normalized spacial score (nSPS) is 11.7. The predicted octanol–water partition coefficient (Wildman–Crippen LogP) is 2.77. The van der Waals surface area contributed by atoms with E-state index in [2.05, 4.69) is 20.4 Å². The second kappa shape index (κ2) is 7.78. The molecule has 0 saturated heterocycles. The first-order chi connectivity index (χ1) is 13.9. The summed E-state index contributed by atoms with van der Waals surface area (Å²) in [4.78, 5) is 8.75. The van der Waals surface area contributed by atoms with Gasteiger partial charge < -0.3 is 5.32 Å². The van der Waals surface area contributed by atoms with Crippen LogP contribution in [-0.4, -0.2) is 34.7 Å². The number of benzene rings is 2. The lowest BCUT2D eigenvalue weighted by Crippen LogP contribution is -2.12. The van der Waals surface area contributed by atoms with Crippen LogP contribution in [0.25, 0.3) is 16.7 Å². The van der Waals surface area contributed by atoms with E-state index >= 15 is 0 Å². The Balaban J connectivity index is 1.51. The lowest BCUT2D eigenvalue weighted by Gasteiger charge is -2.08. The lowest BCUT2D eigenvalue weighted by atomic mass is 10.1. The molecule has 2 heterocycles. The maximum Gasteiger partial charge on any atom is 0.238 e. The average molecular weight is 429 g/mol. The van der Waals surface area contributed by atoms with E-state index in [1.807, 2.05) is 18.2 Å². The third-order valence-electron chi connectivity index (χ3n) is 4.40. The zero-order chi connectivity index (χ0) is 20.4. The SMILES string of the molecule is NS(=O)(=O)c1ccc(CCNc2ncnc3c2cnn3-c2ccccc2Cl)cc1. The molecule has 0 spiro atoms. The molecule has 0 atom stereocenters. The van der Waals surface area contributed by atoms with Crippen molar-refractivity contribution >= 4 is 38.5 Å². The van der Waals surface area contributed by atoms with E-state index in [-0.39, 0.29) is 4.90 Å². The molecular formula is C19H17ClN6O2S. The van der Waals surface area contributed by atoms with Gasteiger partial charge in [0.2, 0.25) is 10.0 Å². The van der Waals surface area contributed by atoms with E-state index in [1.54, 1.807) is 29.1 Å². The monoisotopic (exact) mass is 428 g/mol. The number of fused-ring (bicyclic) bond motifs is 1. The zero-order valence-corrected chi connectivity index (χ0v) is 16.7. The van der Waals surface area contributed by atoms with Gasteiger partial charge in [0.15, 0.2) is 5.65 Å². The number of hydrogen-bond acceptors (Lipinski definition) is 6. The number of rotatable bonds is 6. The minimum absolute atomic E-state index is 0.0960. The molecule has 0 fully saturated rings. The van der Waals surface area contributed by atoms with Crippen LogP contribution in [0.15, 0.2) is 66.0 Å². The van der Waals surface area contributed by atoms with Crippen molar-refractivity contribution in [2.45, 2.75) is 11.3 Å². The average Bonchev–Trinajstić information content (AvgIpc) is 3.13. The Bertz CT molecular complexity index is 1270. The summed E-state index contributed by atoms with van der Waals surface area (Å²) in [6, 6.07) is 13.9. The van der Waals surface area contributed by atoms with Crippen LogP contribution >= 0.6 is 11.6 Å². The highest BCUT2D eigenvalue weighted by molar-refractivity contribution is 7.89. The molecule has 4 rings (SSSR count). The molecule has 0 saturated carbocycles. The van der Waals surface area contributed by atoms with Gasteiger partial charge >= 0.3 is 0 Å². The zero-order valence-electron chi connectivity index (χ0n) is 15.2. The van der Waals surface area contributed by atoms with Crippen molar-refractivity contribution in [3.05, 3.63) is 71.6 Å². The van der Waals surface area contributed by atoms with Crippen LogP contribution in [0, 0.1) is 0 Å². The summed E-state index contributed by atoms with van der Waals surface area (Å²) in [7, 11) is -3.68. The first-order valence-corrected chi connectivity index (χ1v) is 10.6. The van der Waals surface area contributed by atoms with E-state index in [4.69, 9.17) is 16.7 Å². The Morgan fingerprint density at radius 2 is 1.83 bits per heavy atom. The summed E-state index contributed by atoms with van der Waals surface area (Å²) >= 11 is 6.28. The van der Waals surface area contributed by atoms with Crippen molar-refractivity contribution in [2.24, 2.45) is 5.14 Å². The standard InChI is InChI=1S/C19H17ClN6O2S/c20-16-3-1-2-4-17(16)26-19-15(11-25-26)18(23-12-24-19)22-10-9-13-5-7-14(8-6-13)29(21,27)28/h1-8,11-12H,9-10H2,(H2,21,27,28)(H,22,23,24). The number of anilines is 1. The van der Waals surface area contributed by atoms with Crippen molar-refractivity contribution in [1.82, 2.24) is 19.7 Å². The maximum absolute atomic E-state index is 11.3. The highest BCUT2D eigenvalue weighted by Crippen LogP contribution is 2.25. The van der Waals surface area contributed by atoms with E-state index in [9.17, 15) is 8.42 Å². The molecule has 0 aliphatic heterocycles. The highest BCUT2D eigenvalue weighted by Gasteiger charge is 2.13. The summed E-state index contributed by atoms with van der Waals surface area (Å²) in [6.07, 6.45) is 3.84. The Morgan fingerprint density at radius 1 is 1.07 bits per heavy atom. The summed E-state index contributed by atoms with van der Waals surface area (Å²) in [6.45, 7) is 0.595.